The molecular weight excluding hydrogens is 212 g/mol. The highest BCUT2D eigenvalue weighted by Gasteiger charge is 2.81. The molecule has 0 aromatic heterocycles. The van der Waals surface area contributed by atoms with Crippen LogP contribution in [0.1, 0.15) is 12.8 Å². The van der Waals surface area contributed by atoms with Crippen LogP contribution in [-0.4, -0.2) is 0 Å². The highest BCUT2D eigenvalue weighted by molar-refractivity contribution is 5.51. The lowest BCUT2D eigenvalue weighted by molar-refractivity contribution is 0.276. The highest BCUT2D eigenvalue weighted by atomic mass is 14.8. The van der Waals surface area contributed by atoms with Crippen LogP contribution in [0.3, 0.4) is 0 Å². The molecule has 0 radical (unpaired) electrons. The van der Waals surface area contributed by atoms with Gasteiger partial charge in [-0.15, -0.1) is 0 Å². The molecule has 0 aliphatic heterocycles. The zero-order chi connectivity index (χ0) is 12.3. The maximum Gasteiger partial charge on any atom is 0.182 e. The van der Waals surface area contributed by atoms with E-state index in [9.17, 15) is 21.0 Å². The quantitative estimate of drug-likeness (QED) is 0.580. The second-order valence-corrected chi connectivity index (χ2v) is 5.14. The van der Waals surface area contributed by atoms with Gasteiger partial charge in [-0.25, -0.2) is 0 Å². The Kier molecular flexibility index (Phi) is 1.46. The topological polar surface area (TPSA) is 95.2 Å². The Bertz CT molecular complexity index is 519. The van der Waals surface area contributed by atoms with Gasteiger partial charge in [-0.05, 0) is 18.3 Å². The second kappa shape index (κ2) is 2.51. The van der Waals surface area contributed by atoms with Crippen LogP contribution in [0.5, 0.6) is 0 Å². The first-order valence-corrected chi connectivity index (χ1v) is 5.51. The molecule has 1 spiro atoms. The molecule has 0 saturated heterocycles. The second-order valence-electron chi connectivity index (χ2n) is 5.14. The summed E-state index contributed by atoms with van der Waals surface area (Å²) < 4.78 is 0. The van der Waals surface area contributed by atoms with Gasteiger partial charge in [0.05, 0.1) is 24.3 Å². The molecule has 0 aromatic carbocycles. The summed E-state index contributed by atoms with van der Waals surface area (Å²) in [7, 11) is 0. The molecule has 17 heavy (non-hydrogen) atoms. The van der Waals surface area contributed by atoms with E-state index in [4.69, 9.17) is 0 Å². The molecule has 2 atom stereocenters. The first-order chi connectivity index (χ1) is 8.17. The fourth-order valence-corrected chi connectivity index (χ4v) is 3.89. The summed E-state index contributed by atoms with van der Waals surface area (Å²) in [4.78, 5) is 0. The minimum Gasteiger partial charge on any atom is -0.196 e. The van der Waals surface area contributed by atoms with Crippen molar-refractivity contribution in [1.29, 1.82) is 21.0 Å². The van der Waals surface area contributed by atoms with Gasteiger partial charge >= 0.3 is 0 Å². The molecule has 80 valence electrons. The van der Waals surface area contributed by atoms with Crippen LogP contribution in [0, 0.1) is 73.4 Å². The number of rotatable bonds is 0. The van der Waals surface area contributed by atoms with E-state index in [0.717, 1.165) is 12.8 Å². The molecule has 3 rings (SSSR count). The first kappa shape index (κ1) is 9.89. The summed E-state index contributed by atoms with van der Waals surface area (Å²) >= 11 is 0. The Morgan fingerprint density at radius 3 is 1.35 bits per heavy atom. The molecule has 3 aliphatic rings. The van der Waals surface area contributed by atoms with Crippen molar-refractivity contribution in [2.24, 2.45) is 28.1 Å². The number of nitrogens with zero attached hydrogens (tertiary/aromatic N) is 4. The minimum absolute atomic E-state index is 0.156. The van der Waals surface area contributed by atoms with E-state index >= 15 is 0 Å². The SMILES string of the molecule is N#CC1(C#N)C2C=CC(C23CC3)C1(C#N)C#N. The van der Waals surface area contributed by atoms with E-state index in [1.54, 1.807) is 0 Å². The fourth-order valence-electron chi connectivity index (χ4n) is 3.89. The molecule has 2 bridgehead atoms. The third-order valence-electron chi connectivity index (χ3n) is 4.82. The zero-order valence-electron chi connectivity index (χ0n) is 9.01. The molecule has 2 unspecified atom stereocenters. The van der Waals surface area contributed by atoms with E-state index in [1.165, 1.54) is 0 Å². The van der Waals surface area contributed by atoms with E-state index in [1.807, 2.05) is 36.4 Å². The Hall–Kier alpha value is -2.30. The Balaban J connectivity index is 2.35. The summed E-state index contributed by atoms with van der Waals surface area (Å²) in [5.41, 5.74) is -3.14. The van der Waals surface area contributed by atoms with Crippen molar-refractivity contribution >= 4 is 0 Å². The van der Waals surface area contributed by atoms with Crippen molar-refractivity contribution in [3.63, 3.8) is 0 Å². The lowest BCUT2D eigenvalue weighted by Gasteiger charge is -2.31. The summed E-state index contributed by atoms with van der Waals surface area (Å²) in [5, 5.41) is 37.6. The summed E-state index contributed by atoms with van der Waals surface area (Å²) in [6.07, 6.45) is 5.56. The van der Waals surface area contributed by atoms with Crippen LogP contribution >= 0.6 is 0 Å². The highest BCUT2D eigenvalue weighted by Crippen LogP contribution is 2.79. The van der Waals surface area contributed by atoms with E-state index in [0.29, 0.717) is 0 Å². The van der Waals surface area contributed by atoms with Gasteiger partial charge in [0.2, 0.25) is 0 Å². The number of allylic oxidation sites excluding steroid dienone is 2. The maximum absolute atomic E-state index is 9.39. The molecular formula is C13H8N4. The predicted molar refractivity (Wildman–Crippen MR) is 55.1 cm³/mol. The number of hydrogen-bond acceptors (Lipinski definition) is 4. The van der Waals surface area contributed by atoms with Crippen molar-refractivity contribution in [2.45, 2.75) is 12.8 Å². The molecule has 0 amide bonds. The van der Waals surface area contributed by atoms with Gasteiger partial charge in [-0.2, -0.15) is 21.0 Å². The van der Waals surface area contributed by atoms with Crippen LogP contribution in [0.15, 0.2) is 12.2 Å². The van der Waals surface area contributed by atoms with Gasteiger partial charge in [0.25, 0.3) is 0 Å². The Labute approximate surface area is 99.0 Å². The molecule has 2 fully saturated rings. The van der Waals surface area contributed by atoms with Crippen molar-refractivity contribution in [3.05, 3.63) is 12.2 Å². The third kappa shape index (κ3) is 0.675. The van der Waals surface area contributed by atoms with Crippen LogP contribution in [0.25, 0.3) is 0 Å². The van der Waals surface area contributed by atoms with Crippen LogP contribution in [0.2, 0.25) is 0 Å². The van der Waals surface area contributed by atoms with Gasteiger partial charge in [0, 0.05) is 11.8 Å². The van der Waals surface area contributed by atoms with E-state index < -0.39 is 10.8 Å². The van der Waals surface area contributed by atoms with Gasteiger partial charge < -0.3 is 0 Å². The number of nitriles is 4. The lowest BCUT2D eigenvalue weighted by Crippen LogP contribution is -2.41. The van der Waals surface area contributed by atoms with Gasteiger partial charge in [0.15, 0.2) is 10.8 Å². The summed E-state index contributed by atoms with van der Waals surface area (Å²) in [6.45, 7) is 0. The van der Waals surface area contributed by atoms with Crippen molar-refractivity contribution in [3.8, 4) is 24.3 Å². The molecule has 3 aliphatic carbocycles. The Morgan fingerprint density at radius 1 is 0.765 bits per heavy atom. The smallest absolute Gasteiger partial charge is 0.182 e. The Morgan fingerprint density at radius 2 is 1.12 bits per heavy atom. The monoisotopic (exact) mass is 220 g/mol. The summed E-state index contributed by atoms with van der Waals surface area (Å²) in [5.74, 6) is -0.511. The van der Waals surface area contributed by atoms with Gasteiger partial charge in [0.1, 0.15) is 0 Å². The normalized spacial score (nSPS) is 35.5. The molecule has 0 heterocycles. The molecule has 4 nitrogen and oxygen atoms in total. The van der Waals surface area contributed by atoms with E-state index in [-0.39, 0.29) is 17.3 Å². The predicted octanol–water partition coefficient (Wildman–Crippen LogP) is 1.65. The van der Waals surface area contributed by atoms with Crippen LogP contribution in [-0.2, 0) is 0 Å². The number of hydrogen-bond donors (Lipinski definition) is 0. The molecule has 2 saturated carbocycles. The van der Waals surface area contributed by atoms with Crippen molar-refractivity contribution in [2.75, 3.05) is 0 Å². The van der Waals surface area contributed by atoms with Crippen LogP contribution < -0.4 is 0 Å². The fraction of sp³-hybridized carbons (Fsp3) is 0.538. The first-order valence-electron chi connectivity index (χ1n) is 5.51. The average Bonchev–Trinajstić information content (AvgIpc) is 3.04. The van der Waals surface area contributed by atoms with Gasteiger partial charge in [-0.1, -0.05) is 12.2 Å². The largest absolute Gasteiger partial charge is 0.196 e. The lowest BCUT2D eigenvalue weighted by atomic mass is 9.61. The van der Waals surface area contributed by atoms with Crippen LogP contribution in [0.4, 0.5) is 0 Å². The molecule has 4 heteroatoms. The molecule has 0 N–H and O–H groups in total. The van der Waals surface area contributed by atoms with E-state index in [2.05, 4.69) is 0 Å². The third-order valence-corrected chi connectivity index (χ3v) is 4.82. The maximum atomic E-state index is 9.39. The zero-order valence-corrected chi connectivity index (χ0v) is 9.01. The van der Waals surface area contributed by atoms with Crippen molar-refractivity contribution < 1.29 is 0 Å². The standard InChI is InChI=1S/C13H8N4/c14-5-12(6-15)9-1-2-10(11(9)3-4-11)13(12,7-16)8-17/h1-2,9-10H,3-4H2. The van der Waals surface area contributed by atoms with Gasteiger partial charge in [-0.3, -0.25) is 0 Å². The summed E-state index contributed by atoms with van der Waals surface area (Å²) in [6, 6.07) is 7.96. The minimum atomic E-state index is -1.49. The average molecular weight is 220 g/mol. The van der Waals surface area contributed by atoms with Crippen molar-refractivity contribution in [1.82, 2.24) is 0 Å². The molecule has 0 aromatic rings.